The summed E-state index contributed by atoms with van der Waals surface area (Å²) in [6, 6.07) is 11.7. The Labute approximate surface area is 200 Å². The minimum atomic E-state index is -0.641. The van der Waals surface area contributed by atoms with Crippen LogP contribution in [0.5, 0.6) is 11.5 Å². The average Bonchev–Trinajstić information content (AvgIpc) is 2.86. The molecule has 0 saturated carbocycles. The molecule has 0 radical (unpaired) electrons. The molecule has 1 aliphatic rings. The van der Waals surface area contributed by atoms with Gasteiger partial charge in [-0.2, -0.15) is 0 Å². The summed E-state index contributed by atoms with van der Waals surface area (Å²) in [5.74, 6) is 0.416. The van der Waals surface area contributed by atoms with Gasteiger partial charge in [0.25, 0.3) is 11.8 Å². The first-order valence-corrected chi connectivity index (χ1v) is 11.4. The van der Waals surface area contributed by atoms with E-state index in [1.807, 2.05) is 32.9 Å². The van der Waals surface area contributed by atoms with E-state index in [2.05, 4.69) is 5.32 Å². The molecule has 0 aliphatic carbocycles. The highest BCUT2D eigenvalue weighted by atomic mass is 16.5. The summed E-state index contributed by atoms with van der Waals surface area (Å²) in [5.41, 5.74) is 2.04. The number of hydrogen-bond acceptors (Lipinski definition) is 5. The van der Waals surface area contributed by atoms with E-state index in [9.17, 15) is 14.4 Å². The third kappa shape index (κ3) is 5.68. The van der Waals surface area contributed by atoms with E-state index in [1.54, 1.807) is 47.2 Å². The predicted octanol–water partition coefficient (Wildman–Crippen LogP) is 2.75. The zero-order chi connectivity index (χ0) is 24.8. The Hall–Kier alpha value is -3.55. The van der Waals surface area contributed by atoms with Crippen molar-refractivity contribution in [3.8, 4) is 11.5 Å². The monoisotopic (exact) mass is 467 g/mol. The number of hydrogen-bond donors (Lipinski definition) is 1. The van der Waals surface area contributed by atoms with Crippen LogP contribution in [-0.4, -0.2) is 74.0 Å². The van der Waals surface area contributed by atoms with Gasteiger partial charge in [-0.3, -0.25) is 14.4 Å². The van der Waals surface area contributed by atoms with Crippen molar-refractivity contribution in [3.63, 3.8) is 0 Å². The van der Waals surface area contributed by atoms with Crippen LogP contribution in [0, 0.1) is 12.8 Å². The third-order valence-corrected chi connectivity index (χ3v) is 6.05. The molecular weight excluding hydrogens is 434 g/mol. The van der Waals surface area contributed by atoms with Crippen LogP contribution in [0.2, 0.25) is 0 Å². The maximum absolute atomic E-state index is 13.3. The molecule has 1 fully saturated rings. The van der Waals surface area contributed by atoms with Gasteiger partial charge in [-0.25, -0.2) is 0 Å². The fourth-order valence-electron chi connectivity index (χ4n) is 3.92. The number of benzene rings is 2. The number of amides is 3. The fraction of sp³-hybridized carbons (Fsp3) is 0.423. The number of carbonyl (C=O) groups is 3. The lowest BCUT2D eigenvalue weighted by atomic mass is 10.0. The summed E-state index contributed by atoms with van der Waals surface area (Å²) >= 11 is 0. The molecule has 1 saturated heterocycles. The molecule has 8 heteroatoms. The van der Waals surface area contributed by atoms with Crippen LogP contribution >= 0.6 is 0 Å². The number of aryl methyl sites for hydroxylation is 1. The van der Waals surface area contributed by atoms with Crippen molar-refractivity contribution in [2.24, 2.45) is 5.92 Å². The summed E-state index contributed by atoms with van der Waals surface area (Å²) in [7, 11) is 3.07. The molecule has 0 aromatic heterocycles. The highest BCUT2D eigenvalue weighted by Gasteiger charge is 2.32. The molecule has 2 aromatic carbocycles. The molecule has 0 bridgehead atoms. The lowest BCUT2D eigenvalue weighted by molar-refractivity contribution is -0.135. The van der Waals surface area contributed by atoms with Crippen LogP contribution in [0.1, 0.15) is 40.1 Å². The average molecular weight is 468 g/mol. The number of rotatable bonds is 7. The van der Waals surface area contributed by atoms with E-state index in [4.69, 9.17) is 9.47 Å². The molecule has 8 nitrogen and oxygen atoms in total. The van der Waals surface area contributed by atoms with Gasteiger partial charge < -0.3 is 24.6 Å². The van der Waals surface area contributed by atoms with Crippen molar-refractivity contribution in [3.05, 3.63) is 59.2 Å². The van der Waals surface area contributed by atoms with Crippen LogP contribution < -0.4 is 14.8 Å². The predicted molar refractivity (Wildman–Crippen MR) is 129 cm³/mol. The van der Waals surface area contributed by atoms with Gasteiger partial charge in [0, 0.05) is 37.8 Å². The molecular formula is C26H33N3O5. The molecule has 3 rings (SSSR count). The quantitative estimate of drug-likeness (QED) is 0.677. The zero-order valence-electron chi connectivity index (χ0n) is 20.5. The van der Waals surface area contributed by atoms with Crippen molar-refractivity contribution < 1.29 is 23.9 Å². The first-order chi connectivity index (χ1) is 16.2. The number of piperazine rings is 1. The van der Waals surface area contributed by atoms with Crippen molar-refractivity contribution >= 4 is 17.7 Å². The molecule has 0 spiro atoms. The van der Waals surface area contributed by atoms with E-state index in [-0.39, 0.29) is 23.6 Å². The summed E-state index contributed by atoms with van der Waals surface area (Å²) in [6.45, 7) is 7.37. The molecule has 1 unspecified atom stereocenters. The van der Waals surface area contributed by atoms with Gasteiger partial charge in [0.15, 0.2) is 0 Å². The molecule has 2 aromatic rings. The van der Waals surface area contributed by atoms with Gasteiger partial charge in [0.1, 0.15) is 17.5 Å². The van der Waals surface area contributed by atoms with Crippen LogP contribution in [0.15, 0.2) is 42.5 Å². The lowest BCUT2D eigenvalue weighted by Gasteiger charge is -2.37. The smallest absolute Gasteiger partial charge is 0.257 e. The van der Waals surface area contributed by atoms with E-state index in [0.717, 1.165) is 5.56 Å². The topological polar surface area (TPSA) is 88.2 Å². The number of methoxy groups -OCH3 is 2. The molecule has 1 aliphatic heterocycles. The first kappa shape index (κ1) is 25.1. The zero-order valence-corrected chi connectivity index (χ0v) is 20.5. The van der Waals surface area contributed by atoms with Crippen molar-refractivity contribution in [2.45, 2.75) is 26.8 Å². The molecule has 1 heterocycles. The second-order valence-electron chi connectivity index (χ2n) is 8.74. The van der Waals surface area contributed by atoms with E-state index in [0.29, 0.717) is 48.8 Å². The number of carbonyl (C=O) groups excluding carboxylic acids is 3. The van der Waals surface area contributed by atoms with Crippen molar-refractivity contribution in [1.82, 2.24) is 15.1 Å². The maximum Gasteiger partial charge on any atom is 0.257 e. The van der Waals surface area contributed by atoms with Gasteiger partial charge in [-0.15, -0.1) is 0 Å². The second-order valence-corrected chi connectivity index (χ2v) is 8.74. The van der Waals surface area contributed by atoms with Crippen molar-refractivity contribution in [1.29, 1.82) is 0 Å². The Balaban J connectivity index is 1.63. The van der Waals surface area contributed by atoms with Gasteiger partial charge in [0.05, 0.1) is 19.8 Å². The lowest BCUT2D eigenvalue weighted by Crippen LogP contribution is -2.57. The van der Waals surface area contributed by atoms with Crippen LogP contribution in [0.3, 0.4) is 0 Å². The van der Waals surface area contributed by atoms with Crippen LogP contribution in [-0.2, 0) is 4.79 Å². The van der Waals surface area contributed by atoms with E-state index < -0.39 is 6.04 Å². The first-order valence-electron chi connectivity index (χ1n) is 11.4. The largest absolute Gasteiger partial charge is 0.497 e. The van der Waals surface area contributed by atoms with Gasteiger partial charge in [0.2, 0.25) is 5.91 Å². The van der Waals surface area contributed by atoms with E-state index in [1.165, 1.54) is 7.11 Å². The number of ether oxygens (including phenoxy) is 2. The minimum absolute atomic E-state index is 0.0786. The van der Waals surface area contributed by atoms with Crippen LogP contribution in [0.4, 0.5) is 0 Å². The van der Waals surface area contributed by atoms with Gasteiger partial charge in [-0.05, 0) is 37.1 Å². The highest BCUT2D eigenvalue weighted by Crippen LogP contribution is 2.26. The number of nitrogens with zero attached hydrogens (tertiary/aromatic N) is 2. The molecule has 3 amide bonds. The Morgan fingerprint density at radius 1 is 0.882 bits per heavy atom. The van der Waals surface area contributed by atoms with Crippen LogP contribution in [0.25, 0.3) is 0 Å². The maximum atomic E-state index is 13.3. The number of nitrogens with one attached hydrogen (secondary N) is 1. The normalized spacial score (nSPS) is 14.5. The molecule has 1 atom stereocenters. The standard InChI is InChI=1S/C26H33N3O5/c1-17(2)23(27-24(30)19-8-6-18(3)7-9-19)26(32)29-14-12-28(13-15-29)25(31)21-11-10-20(33-4)16-22(21)34-5/h6-11,16-17,23H,12-15H2,1-5H3,(H,27,30). The highest BCUT2D eigenvalue weighted by molar-refractivity contribution is 5.98. The second kappa shape index (κ2) is 11.0. The minimum Gasteiger partial charge on any atom is -0.497 e. The Kier molecular flexibility index (Phi) is 8.15. The third-order valence-electron chi connectivity index (χ3n) is 6.05. The van der Waals surface area contributed by atoms with E-state index >= 15 is 0 Å². The fourth-order valence-corrected chi connectivity index (χ4v) is 3.92. The van der Waals surface area contributed by atoms with Gasteiger partial charge >= 0.3 is 0 Å². The summed E-state index contributed by atoms with van der Waals surface area (Å²) < 4.78 is 10.6. The van der Waals surface area contributed by atoms with Crippen molar-refractivity contribution in [2.75, 3.05) is 40.4 Å². The SMILES string of the molecule is COc1ccc(C(=O)N2CCN(C(=O)C(NC(=O)c3ccc(C)cc3)C(C)C)CC2)c(OC)c1. The Morgan fingerprint density at radius 2 is 1.50 bits per heavy atom. The molecule has 182 valence electrons. The molecule has 34 heavy (non-hydrogen) atoms. The Bertz CT molecular complexity index is 1030. The summed E-state index contributed by atoms with van der Waals surface area (Å²) in [5, 5.41) is 2.90. The molecule has 1 N–H and O–H groups in total. The summed E-state index contributed by atoms with van der Waals surface area (Å²) in [6.07, 6.45) is 0. The summed E-state index contributed by atoms with van der Waals surface area (Å²) in [4.78, 5) is 42.5. The Morgan fingerprint density at radius 3 is 2.06 bits per heavy atom. The van der Waals surface area contributed by atoms with Gasteiger partial charge in [-0.1, -0.05) is 31.5 Å².